The number of hydrogen-bond acceptors (Lipinski definition) is 4. The van der Waals surface area contributed by atoms with Crippen molar-refractivity contribution in [3.63, 3.8) is 0 Å². The van der Waals surface area contributed by atoms with Gasteiger partial charge in [0.15, 0.2) is 0 Å². The first-order valence-electron chi connectivity index (χ1n) is 10.1. The molecule has 0 amide bonds. The quantitative estimate of drug-likeness (QED) is 0.500. The summed E-state index contributed by atoms with van der Waals surface area (Å²) in [5.41, 5.74) is 0.428. The Hall–Kier alpha value is -1.32. The van der Waals surface area contributed by atoms with Gasteiger partial charge in [-0.1, -0.05) is 52.7 Å². The highest BCUT2D eigenvalue weighted by molar-refractivity contribution is 5.91. The largest absolute Gasteiger partial charge is 0.465 e. The van der Waals surface area contributed by atoms with E-state index in [1.165, 1.54) is 11.1 Å². The number of carbonyl (C=O) groups excluding carboxylic acids is 2. The van der Waals surface area contributed by atoms with Crippen LogP contribution < -0.4 is 0 Å². The smallest absolute Gasteiger partial charge is 0.313 e. The number of ether oxygens (including phenoxy) is 2. The summed E-state index contributed by atoms with van der Waals surface area (Å²) in [6.07, 6.45) is 0.819. The predicted octanol–water partition coefficient (Wildman–Crippen LogP) is 5.16. The van der Waals surface area contributed by atoms with Gasteiger partial charge in [-0.05, 0) is 56.8 Å². The standard InChI is InChI=1S/C23H38O4/c1-14-15(2)17-11-16(14)22(9,18(24)26-12-20(3,4)5)23(17,10)19(25)27-13-21(6,7)8/h16-17H,11-13H2,1-10H3/t16-,17-,22?,23?/m0/s1. The minimum absolute atomic E-state index is 0.0298. The number of esters is 2. The third kappa shape index (κ3) is 3.56. The number of carbonyl (C=O) groups is 2. The summed E-state index contributed by atoms with van der Waals surface area (Å²) in [6.45, 7) is 20.9. The summed E-state index contributed by atoms with van der Waals surface area (Å²) in [6, 6.07) is 0. The van der Waals surface area contributed by atoms with E-state index in [9.17, 15) is 9.59 Å². The molecule has 0 saturated heterocycles. The van der Waals surface area contributed by atoms with Gasteiger partial charge in [0.2, 0.25) is 0 Å². The average molecular weight is 379 g/mol. The highest BCUT2D eigenvalue weighted by atomic mass is 16.5. The molecule has 0 spiro atoms. The number of allylic oxidation sites excluding steroid dienone is 2. The molecular formula is C23H38O4. The van der Waals surface area contributed by atoms with Crippen LogP contribution in [0.25, 0.3) is 0 Å². The molecule has 4 atom stereocenters. The minimum atomic E-state index is -0.901. The van der Waals surface area contributed by atoms with Crippen LogP contribution in [0.4, 0.5) is 0 Å². The first-order valence-corrected chi connectivity index (χ1v) is 10.1. The first-order chi connectivity index (χ1) is 12.1. The summed E-state index contributed by atoms with van der Waals surface area (Å²) in [5.74, 6) is -0.483. The van der Waals surface area contributed by atoms with Crippen LogP contribution >= 0.6 is 0 Å². The van der Waals surface area contributed by atoms with Crippen LogP contribution in [-0.2, 0) is 19.1 Å². The Balaban J connectivity index is 2.40. The van der Waals surface area contributed by atoms with E-state index in [2.05, 4.69) is 13.8 Å². The van der Waals surface area contributed by atoms with Crippen LogP contribution in [0.5, 0.6) is 0 Å². The van der Waals surface area contributed by atoms with Crippen molar-refractivity contribution < 1.29 is 19.1 Å². The Bertz CT molecular complexity index is 605. The highest BCUT2D eigenvalue weighted by Crippen LogP contribution is 2.68. The second-order valence-electron chi connectivity index (χ2n) is 11.4. The Morgan fingerprint density at radius 3 is 1.37 bits per heavy atom. The van der Waals surface area contributed by atoms with Crippen LogP contribution in [0, 0.1) is 33.5 Å². The van der Waals surface area contributed by atoms with E-state index in [0.717, 1.165) is 6.42 Å². The van der Waals surface area contributed by atoms with Gasteiger partial charge >= 0.3 is 11.9 Å². The Morgan fingerprint density at radius 1 is 0.815 bits per heavy atom. The Labute approximate surface area is 165 Å². The molecule has 1 saturated carbocycles. The lowest BCUT2D eigenvalue weighted by Gasteiger charge is -2.46. The van der Waals surface area contributed by atoms with Gasteiger partial charge in [-0.3, -0.25) is 9.59 Å². The molecule has 2 aliphatic rings. The molecule has 2 bridgehead atoms. The molecule has 27 heavy (non-hydrogen) atoms. The number of hydrogen-bond donors (Lipinski definition) is 0. The lowest BCUT2D eigenvalue weighted by atomic mass is 9.56. The second kappa shape index (κ2) is 6.63. The zero-order valence-electron chi connectivity index (χ0n) is 18.9. The van der Waals surface area contributed by atoms with E-state index in [0.29, 0.717) is 13.2 Å². The second-order valence-corrected chi connectivity index (χ2v) is 11.4. The van der Waals surface area contributed by atoms with Crippen molar-refractivity contribution in [2.45, 2.75) is 75.7 Å². The monoisotopic (exact) mass is 378 g/mol. The fourth-order valence-electron chi connectivity index (χ4n) is 4.77. The van der Waals surface area contributed by atoms with Gasteiger partial charge in [0.25, 0.3) is 0 Å². The fraction of sp³-hybridized carbons (Fsp3) is 0.826. The lowest BCUT2D eigenvalue weighted by Crippen LogP contribution is -2.54. The van der Waals surface area contributed by atoms with Crippen LogP contribution in [0.3, 0.4) is 0 Å². The molecule has 154 valence electrons. The summed E-state index contributed by atoms with van der Waals surface area (Å²) in [7, 11) is 0. The van der Waals surface area contributed by atoms with Crippen LogP contribution in [-0.4, -0.2) is 25.2 Å². The molecule has 0 radical (unpaired) electrons. The molecule has 0 aromatic carbocycles. The first kappa shape index (κ1) is 22.0. The molecule has 2 rings (SSSR count). The Morgan fingerprint density at radius 2 is 1.11 bits per heavy atom. The van der Waals surface area contributed by atoms with E-state index < -0.39 is 10.8 Å². The molecule has 2 unspecified atom stereocenters. The van der Waals surface area contributed by atoms with Gasteiger partial charge in [-0.15, -0.1) is 0 Å². The SMILES string of the molecule is CC1=C(C)[C@@H]2C[C@@H]1C(C)(C(=O)OCC(C)(C)C)C2(C)C(=O)OCC(C)(C)C. The van der Waals surface area contributed by atoms with E-state index in [1.807, 2.05) is 55.4 Å². The maximum atomic E-state index is 13.3. The van der Waals surface area contributed by atoms with Crippen LogP contribution in [0.1, 0.15) is 75.7 Å². The molecule has 0 aliphatic heterocycles. The van der Waals surface area contributed by atoms with E-state index in [-0.39, 0.29) is 34.6 Å². The van der Waals surface area contributed by atoms with Crippen molar-refractivity contribution in [2.24, 2.45) is 33.5 Å². The van der Waals surface area contributed by atoms with E-state index in [4.69, 9.17) is 9.47 Å². The average Bonchev–Trinajstić information content (AvgIpc) is 2.95. The van der Waals surface area contributed by atoms with Gasteiger partial charge < -0.3 is 9.47 Å². The van der Waals surface area contributed by atoms with Crippen LogP contribution in [0.15, 0.2) is 11.1 Å². The minimum Gasteiger partial charge on any atom is -0.465 e. The van der Waals surface area contributed by atoms with Crippen molar-refractivity contribution in [3.8, 4) is 0 Å². The lowest BCUT2D eigenvalue weighted by molar-refractivity contribution is -0.183. The molecule has 2 aliphatic carbocycles. The van der Waals surface area contributed by atoms with Crippen molar-refractivity contribution in [3.05, 3.63) is 11.1 Å². The van der Waals surface area contributed by atoms with Crippen LogP contribution in [0.2, 0.25) is 0 Å². The molecule has 0 aromatic rings. The van der Waals surface area contributed by atoms with Crippen molar-refractivity contribution in [2.75, 3.05) is 13.2 Å². The van der Waals surface area contributed by atoms with Gasteiger partial charge in [-0.25, -0.2) is 0 Å². The molecule has 4 nitrogen and oxygen atoms in total. The number of fused-ring (bicyclic) bond motifs is 2. The van der Waals surface area contributed by atoms with Gasteiger partial charge in [-0.2, -0.15) is 0 Å². The maximum absolute atomic E-state index is 13.3. The fourth-order valence-corrected chi connectivity index (χ4v) is 4.77. The summed E-state index contributed by atoms with van der Waals surface area (Å²) in [5, 5.41) is 0. The van der Waals surface area contributed by atoms with E-state index in [1.54, 1.807) is 0 Å². The van der Waals surface area contributed by atoms with Gasteiger partial charge in [0.05, 0.1) is 24.0 Å². The molecule has 4 heteroatoms. The third-order valence-corrected chi connectivity index (χ3v) is 6.73. The predicted molar refractivity (Wildman–Crippen MR) is 107 cm³/mol. The van der Waals surface area contributed by atoms with Gasteiger partial charge in [0, 0.05) is 0 Å². The number of rotatable bonds is 4. The zero-order valence-corrected chi connectivity index (χ0v) is 18.9. The molecule has 0 aromatic heterocycles. The van der Waals surface area contributed by atoms with Crippen molar-refractivity contribution in [1.29, 1.82) is 0 Å². The van der Waals surface area contributed by atoms with E-state index >= 15 is 0 Å². The maximum Gasteiger partial charge on any atom is 0.313 e. The normalized spacial score (nSPS) is 33.4. The van der Waals surface area contributed by atoms with Gasteiger partial charge in [0.1, 0.15) is 0 Å². The molecule has 0 heterocycles. The summed E-state index contributed by atoms with van der Waals surface area (Å²) >= 11 is 0. The molecular weight excluding hydrogens is 340 g/mol. The Kier molecular flexibility index (Phi) is 5.40. The van der Waals surface area contributed by atoms with Crippen molar-refractivity contribution in [1.82, 2.24) is 0 Å². The third-order valence-electron chi connectivity index (χ3n) is 6.73. The topological polar surface area (TPSA) is 52.6 Å². The van der Waals surface area contributed by atoms with Crippen molar-refractivity contribution >= 4 is 11.9 Å². The zero-order chi connectivity index (χ0) is 21.0. The summed E-state index contributed by atoms with van der Waals surface area (Å²) in [4.78, 5) is 26.6. The summed E-state index contributed by atoms with van der Waals surface area (Å²) < 4.78 is 11.5. The molecule has 1 fully saturated rings. The highest BCUT2D eigenvalue weighted by Gasteiger charge is 2.72. The molecule has 0 N–H and O–H groups in total.